The van der Waals surface area contributed by atoms with Crippen molar-refractivity contribution in [2.24, 2.45) is 0 Å². The van der Waals surface area contributed by atoms with Crippen LogP contribution in [0.15, 0.2) is 35.2 Å². The van der Waals surface area contributed by atoms with Crippen LogP contribution >= 0.6 is 0 Å². The van der Waals surface area contributed by atoms with E-state index >= 15 is 0 Å². The highest BCUT2D eigenvalue weighted by Crippen LogP contribution is 2.28. The maximum atomic E-state index is 11.0. The van der Waals surface area contributed by atoms with Crippen molar-refractivity contribution in [3.63, 3.8) is 0 Å². The molecule has 7 heteroatoms. The van der Waals surface area contributed by atoms with Crippen LogP contribution in [0.3, 0.4) is 0 Å². The van der Waals surface area contributed by atoms with Crippen LogP contribution in [-0.2, 0) is 10.1 Å². The minimum Gasteiger partial charge on any atom is -0.507 e. The van der Waals surface area contributed by atoms with Gasteiger partial charge in [0.25, 0.3) is 10.1 Å². The van der Waals surface area contributed by atoms with E-state index in [1.54, 1.807) is 0 Å². The Labute approximate surface area is 102 Å². The molecule has 0 bridgehead atoms. The Kier molecular flexibility index (Phi) is 2.72. The van der Waals surface area contributed by atoms with Crippen molar-refractivity contribution >= 4 is 26.9 Å². The predicted molar refractivity (Wildman–Crippen MR) is 62.4 cm³/mol. The first-order chi connectivity index (χ1) is 8.30. The lowest BCUT2D eigenvalue weighted by molar-refractivity contribution is 0.0696. The highest BCUT2D eigenvalue weighted by Gasteiger charge is 2.16. The van der Waals surface area contributed by atoms with Crippen LogP contribution in [0.25, 0.3) is 10.8 Å². The fraction of sp³-hybridized carbons (Fsp3) is 0. The summed E-state index contributed by atoms with van der Waals surface area (Å²) in [5, 5.41) is 18.9. The van der Waals surface area contributed by atoms with Crippen molar-refractivity contribution in [1.82, 2.24) is 0 Å². The van der Waals surface area contributed by atoms with E-state index in [0.717, 1.165) is 18.2 Å². The topological polar surface area (TPSA) is 112 Å². The fourth-order valence-electron chi connectivity index (χ4n) is 1.68. The van der Waals surface area contributed by atoms with Crippen LogP contribution in [0.1, 0.15) is 10.4 Å². The maximum absolute atomic E-state index is 11.0. The summed E-state index contributed by atoms with van der Waals surface area (Å²) in [6, 6.07) is 5.95. The molecular formula is C11H8O6S. The minimum absolute atomic E-state index is 0.190. The van der Waals surface area contributed by atoms with Crippen LogP contribution in [-0.4, -0.2) is 29.2 Å². The molecule has 6 nitrogen and oxygen atoms in total. The number of carboxylic acid groups (broad SMARTS) is 1. The normalized spacial score (nSPS) is 11.6. The molecule has 3 N–H and O–H groups in total. The molecule has 0 aromatic heterocycles. The summed E-state index contributed by atoms with van der Waals surface area (Å²) in [6.45, 7) is 0. The number of aromatic hydroxyl groups is 1. The van der Waals surface area contributed by atoms with E-state index in [0.29, 0.717) is 5.39 Å². The van der Waals surface area contributed by atoms with Crippen LogP contribution in [0.2, 0.25) is 0 Å². The standard InChI is InChI=1S/C11H8O6S/c12-9-4-1-6-5-7(18(15,16)17)2-3-8(6)10(9)11(13)14/h1-5,12H,(H,13,14)(H,15,16,17). The highest BCUT2D eigenvalue weighted by molar-refractivity contribution is 7.85. The maximum Gasteiger partial charge on any atom is 0.340 e. The summed E-state index contributed by atoms with van der Waals surface area (Å²) < 4.78 is 30.8. The monoisotopic (exact) mass is 268 g/mol. The lowest BCUT2D eigenvalue weighted by Crippen LogP contribution is -2.00. The van der Waals surface area contributed by atoms with E-state index in [1.807, 2.05) is 0 Å². The summed E-state index contributed by atoms with van der Waals surface area (Å²) in [6.07, 6.45) is 0. The second-order valence-corrected chi connectivity index (χ2v) is 5.04. The van der Waals surface area contributed by atoms with Gasteiger partial charge in [0.05, 0.1) is 4.90 Å². The van der Waals surface area contributed by atoms with E-state index in [2.05, 4.69) is 0 Å². The predicted octanol–water partition coefficient (Wildman–Crippen LogP) is 1.49. The van der Waals surface area contributed by atoms with Crippen LogP contribution < -0.4 is 0 Å². The molecule has 2 aromatic carbocycles. The third-order valence-corrected chi connectivity index (χ3v) is 3.33. The van der Waals surface area contributed by atoms with Gasteiger partial charge in [-0.25, -0.2) is 4.79 Å². The molecule has 0 aliphatic heterocycles. The number of fused-ring (bicyclic) bond motifs is 1. The summed E-state index contributed by atoms with van der Waals surface area (Å²) >= 11 is 0. The molecule has 0 saturated heterocycles. The van der Waals surface area contributed by atoms with Gasteiger partial charge in [0.2, 0.25) is 0 Å². The number of carbonyl (C=O) groups is 1. The van der Waals surface area contributed by atoms with Gasteiger partial charge in [0.15, 0.2) is 0 Å². The number of hydrogen-bond donors (Lipinski definition) is 3. The molecule has 2 rings (SSSR count). The third kappa shape index (κ3) is 2.01. The van der Waals surface area contributed by atoms with Crippen molar-refractivity contribution in [1.29, 1.82) is 0 Å². The van der Waals surface area contributed by atoms with E-state index in [1.165, 1.54) is 12.1 Å². The SMILES string of the molecule is O=C(O)c1c(O)ccc2cc(S(=O)(=O)O)ccc12. The van der Waals surface area contributed by atoms with Gasteiger partial charge in [-0.3, -0.25) is 4.55 Å². The molecule has 94 valence electrons. The minimum atomic E-state index is -4.35. The van der Waals surface area contributed by atoms with Gasteiger partial charge in [-0.1, -0.05) is 12.1 Å². The first-order valence-corrected chi connectivity index (χ1v) is 6.21. The van der Waals surface area contributed by atoms with Crippen molar-refractivity contribution in [2.75, 3.05) is 0 Å². The lowest BCUT2D eigenvalue weighted by Gasteiger charge is -2.06. The van der Waals surface area contributed by atoms with Crippen LogP contribution in [0.4, 0.5) is 0 Å². The Bertz CT molecular complexity index is 747. The lowest BCUT2D eigenvalue weighted by atomic mass is 10.0. The molecule has 2 aromatic rings. The average Bonchev–Trinajstić information content (AvgIpc) is 2.26. The van der Waals surface area contributed by atoms with Gasteiger partial charge < -0.3 is 10.2 Å². The fourth-order valence-corrected chi connectivity index (χ4v) is 2.20. The third-order valence-electron chi connectivity index (χ3n) is 2.48. The summed E-state index contributed by atoms with van der Waals surface area (Å²) in [7, 11) is -4.35. The average molecular weight is 268 g/mol. The number of benzene rings is 2. The van der Waals surface area contributed by atoms with E-state index in [-0.39, 0.29) is 15.8 Å². The Hall–Kier alpha value is -2.12. The summed E-state index contributed by atoms with van der Waals surface area (Å²) in [5.74, 6) is -1.73. The molecule has 0 heterocycles. The molecular weight excluding hydrogens is 260 g/mol. The summed E-state index contributed by atoms with van der Waals surface area (Å²) in [4.78, 5) is 10.7. The van der Waals surface area contributed by atoms with Gasteiger partial charge in [-0.15, -0.1) is 0 Å². The van der Waals surface area contributed by atoms with E-state index < -0.39 is 21.8 Å². The first-order valence-electron chi connectivity index (χ1n) is 4.77. The van der Waals surface area contributed by atoms with Gasteiger partial charge in [0.1, 0.15) is 11.3 Å². The summed E-state index contributed by atoms with van der Waals surface area (Å²) in [5.41, 5.74) is -0.311. The van der Waals surface area contributed by atoms with Gasteiger partial charge in [-0.05, 0) is 23.6 Å². The van der Waals surface area contributed by atoms with Gasteiger partial charge in [-0.2, -0.15) is 8.42 Å². The van der Waals surface area contributed by atoms with Gasteiger partial charge in [0, 0.05) is 5.39 Å². The Morgan fingerprint density at radius 2 is 1.78 bits per heavy atom. The molecule has 0 atom stereocenters. The number of rotatable bonds is 2. The number of carboxylic acids is 1. The molecule has 0 amide bonds. The van der Waals surface area contributed by atoms with Crippen LogP contribution in [0.5, 0.6) is 5.75 Å². The molecule has 0 radical (unpaired) electrons. The molecule has 0 saturated carbocycles. The number of hydrogen-bond acceptors (Lipinski definition) is 4. The smallest absolute Gasteiger partial charge is 0.340 e. The zero-order valence-electron chi connectivity index (χ0n) is 8.86. The van der Waals surface area contributed by atoms with Crippen molar-refractivity contribution in [3.8, 4) is 5.75 Å². The van der Waals surface area contributed by atoms with Crippen LogP contribution in [0, 0.1) is 0 Å². The van der Waals surface area contributed by atoms with Crippen molar-refractivity contribution in [2.45, 2.75) is 4.90 Å². The largest absolute Gasteiger partial charge is 0.507 e. The molecule has 0 unspecified atom stereocenters. The molecule has 18 heavy (non-hydrogen) atoms. The van der Waals surface area contributed by atoms with Crippen molar-refractivity contribution < 1.29 is 28.0 Å². The van der Waals surface area contributed by atoms with Gasteiger partial charge >= 0.3 is 5.97 Å². The second-order valence-electron chi connectivity index (χ2n) is 3.62. The van der Waals surface area contributed by atoms with E-state index in [9.17, 15) is 18.3 Å². The highest BCUT2D eigenvalue weighted by atomic mass is 32.2. The number of phenols is 1. The first kappa shape index (κ1) is 12.3. The zero-order valence-corrected chi connectivity index (χ0v) is 9.68. The quantitative estimate of drug-likeness (QED) is 0.711. The molecule has 0 aliphatic rings. The molecule has 0 aliphatic carbocycles. The number of aromatic carboxylic acids is 1. The molecule has 0 spiro atoms. The van der Waals surface area contributed by atoms with Crippen molar-refractivity contribution in [3.05, 3.63) is 35.9 Å². The Balaban J connectivity index is 2.84. The Morgan fingerprint density at radius 3 is 2.33 bits per heavy atom. The zero-order chi connectivity index (χ0) is 13.5. The Morgan fingerprint density at radius 1 is 1.11 bits per heavy atom. The molecule has 0 fully saturated rings. The van der Waals surface area contributed by atoms with E-state index in [4.69, 9.17) is 9.66 Å². The second kappa shape index (κ2) is 3.97.